The van der Waals surface area contributed by atoms with Crippen LogP contribution >= 0.6 is 0 Å². The van der Waals surface area contributed by atoms with Crippen molar-refractivity contribution in [1.29, 1.82) is 0 Å². The number of ether oxygens (including phenoxy) is 3. The number of unbranched alkanes of at least 4 members (excludes halogenated alkanes) is 22. The van der Waals surface area contributed by atoms with Crippen LogP contribution in [0, 0.1) is 0 Å². The predicted molar refractivity (Wildman–Crippen MR) is 343 cm³/mol. The van der Waals surface area contributed by atoms with Crippen LogP contribution in [0.15, 0.2) is 146 Å². The summed E-state index contributed by atoms with van der Waals surface area (Å²) in [5.74, 6) is -0.933. The Morgan fingerprint density at radius 1 is 0.266 bits per heavy atom. The van der Waals surface area contributed by atoms with Crippen LogP contribution in [0.5, 0.6) is 0 Å². The predicted octanol–water partition coefficient (Wildman–Crippen LogP) is 22.3. The number of hydrogen-bond donors (Lipinski definition) is 0. The fourth-order valence-electron chi connectivity index (χ4n) is 8.53. The zero-order chi connectivity index (χ0) is 57.1. The van der Waals surface area contributed by atoms with E-state index in [4.69, 9.17) is 14.2 Å². The van der Waals surface area contributed by atoms with E-state index in [9.17, 15) is 14.4 Å². The maximum Gasteiger partial charge on any atom is 0.306 e. The van der Waals surface area contributed by atoms with Crippen molar-refractivity contribution in [3.63, 3.8) is 0 Å². The van der Waals surface area contributed by atoms with Crippen LogP contribution in [-0.4, -0.2) is 37.2 Å². The molecule has 0 aromatic carbocycles. The zero-order valence-electron chi connectivity index (χ0n) is 51.1. The van der Waals surface area contributed by atoms with E-state index >= 15 is 0 Å². The molecule has 6 nitrogen and oxygen atoms in total. The minimum atomic E-state index is -0.803. The maximum absolute atomic E-state index is 12.9. The quantitative estimate of drug-likeness (QED) is 0.0261. The molecule has 1 atom stereocenters. The van der Waals surface area contributed by atoms with E-state index in [2.05, 4.69) is 167 Å². The standard InChI is InChI=1S/C73H118O6/c1-4-7-10-13-16-19-22-25-27-29-31-33-34-35-36-37-38-40-41-43-45-48-51-54-57-60-63-66-72(75)78-69-70(68-77-71(74)65-62-59-56-53-50-47-24-21-18-15-12-9-6-3)79-73(76)67-64-61-58-55-52-49-46-44-42-39-32-30-28-26-23-20-17-14-11-8-5-2/h7-8,10-11,16-17,19-21,24-28,31-33,35-36,38-40,44,46,70H,4-6,9,12-15,18,22-23,29-30,34,37,41-43,45,47-69H2,1-3H3/b10-7-,11-8-,19-16-,20-17-,24-21-,27-25-,28-26-,33-31-,36-35-,39-32-,40-38-,46-44-. The van der Waals surface area contributed by atoms with E-state index in [0.29, 0.717) is 19.3 Å². The molecule has 79 heavy (non-hydrogen) atoms. The van der Waals surface area contributed by atoms with Gasteiger partial charge in [0.25, 0.3) is 0 Å². The van der Waals surface area contributed by atoms with Crippen molar-refractivity contribution >= 4 is 17.9 Å². The number of carbonyl (C=O) groups is 3. The minimum absolute atomic E-state index is 0.0974. The van der Waals surface area contributed by atoms with Gasteiger partial charge >= 0.3 is 17.9 Å². The zero-order valence-corrected chi connectivity index (χ0v) is 51.1. The fraction of sp³-hybridized carbons (Fsp3) is 0.630. The van der Waals surface area contributed by atoms with Crippen LogP contribution < -0.4 is 0 Å². The summed E-state index contributed by atoms with van der Waals surface area (Å²) in [4.78, 5) is 38.3. The van der Waals surface area contributed by atoms with Gasteiger partial charge in [-0.15, -0.1) is 0 Å². The summed E-state index contributed by atoms with van der Waals surface area (Å²) in [6.07, 6.45) is 94.2. The van der Waals surface area contributed by atoms with Crippen LogP contribution in [0.25, 0.3) is 0 Å². The van der Waals surface area contributed by atoms with Gasteiger partial charge in [0.05, 0.1) is 0 Å². The summed E-state index contributed by atoms with van der Waals surface area (Å²) in [5, 5.41) is 0. The Kier molecular flexibility index (Phi) is 61.9. The van der Waals surface area contributed by atoms with Crippen LogP contribution in [0.3, 0.4) is 0 Å². The van der Waals surface area contributed by atoms with Crippen molar-refractivity contribution in [2.45, 2.75) is 284 Å². The molecule has 0 amide bonds. The first-order valence-corrected chi connectivity index (χ1v) is 32.3. The summed E-state index contributed by atoms with van der Waals surface area (Å²) in [5.41, 5.74) is 0. The van der Waals surface area contributed by atoms with Crippen molar-refractivity contribution in [2.24, 2.45) is 0 Å². The van der Waals surface area contributed by atoms with Gasteiger partial charge in [0.15, 0.2) is 6.10 Å². The van der Waals surface area contributed by atoms with E-state index in [-0.39, 0.29) is 31.1 Å². The number of rotatable bonds is 57. The second kappa shape index (κ2) is 65.8. The molecule has 0 aliphatic rings. The number of carbonyl (C=O) groups excluding carboxylic acids is 3. The summed E-state index contributed by atoms with van der Waals surface area (Å²) < 4.78 is 16.9. The first-order chi connectivity index (χ1) is 39.0. The molecule has 446 valence electrons. The minimum Gasteiger partial charge on any atom is -0.462 e. The molecular weight excluding hydrogens is 973 g/mol. The van der Waals surface area contributed by atoms with E-state index < -0.39 is 6.10 Å². The van der Waals surface area contributed by atoms with E-state index in [1.807, 2.05) is 0 Å². The first kappa shape index (κ1) is 74.3. The van der Waals surface area contributed by atoms with Crippen LogP contribution in [-0.2, 0) is 28.6 Å². The van der Waals surface area contributed by atoms with Gasteiger partial charge in [-0.1, -0.05) is 263 Å². The van der Waals surface area contributed by atoms with E-state index in [0.717, 1.165) is 167 Å². The molecule has 0 radical (unpaired) electrons. The third-order valence-electron chi connectivity index (χ3n) is 13.3. The van der Waals surface area contributed by atoms with Gasteiger partial charge in [0, 0.05) is 19.3 Å². The third kappa shape index (κ3) is 64.0. The highest BCUT2D eigenvalue weighted by Crippen LogP contribution is 2.15. The SMILES string of the molecule is CC/C=C\C/C=C\C/C=C\C/C=C\C/C=C\C/C=C\CCCCCCCCCCC(=O)OCC(COC(=O)CCCCCCC/C=C\CCCCCC)OC(=O)CCCCCCC/C=C\C/C=C\C/C=C\C/C=C\C/C=C\CC. The van der Waals surface area contributed by atoms with Crippen LogP contribution in [0.1, 0.15) is 278 Å². The molecule has 0 saturated heterocycles. The second-order valence-electron chi connectivity index (χ2n) is 20.9. The molecule has 0 heterocycles. The molecule has 0 spiro atoms. The fourth-order valence-corrected chi connectivity index (χ4v) is 8.53. The molecule has 0 aromatic heterocycles. The topological polar surface area (TPSA) is 78.9 Å². The molecule has 0 aliphatic carbocycles. The monoisotopic (exact) mass is 1090 g/mol. The maximum atomic E-state index is 12.9. The van der Waals surface area contributed by atoms with Crippen molar-refractivity contribution in [3.05, 3.63) is 146 Å². The Balaban J connectivity index is 4.41. The van der Waals surface area contributed by atoms with Gasteiger partial charge in [0.2, 0.25) is 0 Å². The Bertz CT molecular complexity index is 1730. The molecule has 0 rings (SSSR count). The molecular formula is C73H118O6. The summed E-state index contributed by atoms with van der Waals surface area (Å²) >= 11 is 0. The number of hydrogen-bond acceptors (Lipinski definition) is 6. The molecule has 0 saturated carbocycles. The van der Waals surface area contributed by atoms with Gasteiger partial charge in [-0.2, -0.15) is 0 Å². The Morgan fingerprint density at radius 2 is 0.494 bits per heavy atom. The molecule has 0 bridgehead atoms. The van der Waals surface area contributed by atoms with Gasteiger partial charge < -0.3 is 14.2 Å². The Morgan fingerprint density at radius 3 is 0.785 bits per heavy atom. The molecule has 0 fully saturated rings. The normalized spacial score (nSPS) is 13.1. The lowest BCUT2D eigenvalue weighted by molar-refractivity contribution is -0.167. The Labute approximate surface area is 487 Å². The smallest absolute Gasteiger partial charge is 0.306 e. The van der Waals surface area contributed by atoms with Gasteiger partial charge in [-0.05, 0) is 141 Å². The van der Waals surface area contributed by atoms with Gasteiger partial charge in [-0.25, -0.2) is 0 Å². The number of esters is 3. The highest BCUT2D eigenvalue weighted by molar-refractivity contribution is 5.71. The highest BCUT2D eigenvalue weighted by atomic mass is 16.6. The third-order valence-corrected chi connectivity index (χ3v) is 13.3. The first-order valence-electron chi connectivity index (χ1n) is 32.3. The van der Waals surface area contributed by atoms with Crippen LogP contribution in [0.4, 0.5) is 0 Å². The number of allylic oxidation sites excluding steroid dienone is 24. The van der Waals surface area contributed by atoms with Gasteiger partial charge in [0.1, 0.15) is 13.2 Å². The molecule has 1 unspecified atom stereocenters. The lowest BCUT2D eigenvalue weighted by Crippen LogP contribution is -2.30. The average molecular weight is 1090 g/mol. The lowest BCUT2D eigenvalue weighted by Gasteiger charge is -2.18. The largest absolute Gasteiger partial charge is 0.462 e. The van der Waals surface area contributed by atoms with Crippen LogP contribution in [0.2, 0.25) is 0 Å². The van der Waals surface area contributed by atoms with Gasteiger partial charge in [-0.3, -0.25) is 14.4 Å². The van der Waals surface area contributed by atoms with Crippen molar-refractivity contribution in [1.82, 2.24) is 0 Å². The van der Waals surface area contributed by atoms with E-state index in [1.54, 1.807) is 0 Å². The summed E-state index contributed by atoms with van der Waals surface area (Å²) in [6.45, 7) is 6.37. The molecule has 0 aliphatic heterocycles. The van der Waals surface area contributed by atoms with Crippen molar-refractivity contribution in [3.8, 4) is 0 Å². The van der Waals surface area contributed by atoms with E-state index in [1.165, 1.54) is 70.6 Å². The average Bonchev–Trinajstić information content (AvgIpc) is 3.45. The summed E-state index contributed by atoms with van der Waals surface area (Å²) in [7, 11) is 0. The van der Waals surface area contributed by atoms with Crippen molar-refractivity contribution < 1.29 is 28.6 Å². The summed E-state index contributed by atoms with van der Waals surface area (Å²) in [6, 6.07) is 0. The molecule has 6 heteroatoms. The molecule has 0 N–H and O–H groups in total. The highest BCUT2D eigenvalue weighted by Gasteiger charge is 2.19. The molecule has 0 aromatic rings. The Hall–Kier alpha value is -4.71. The lowest BCUT2D eigenvalue weighted by atomic mass is 10.1. The second-order valence-corrected chi connectivity index (χ2v) is 20.9. The van der Waals surface area contributed by atoms with Crippen molar-refractivity contribution in [2.75, 3.05) is 13.2 Å².